The summed E-state index contributed by atoms with van der Waals surface area (Å²) in [5.74, 6) is -0.712. The predicted molar refractivity (Wildman–Crippen MR) is 136 cm³/mol. The number of hydroxylamine groups is 1. The largest absolute Gasteiger partial charge is 0.334 e. The van der Waals surface area contributed by atoms with Gasteiger partial charge in [-0.2, -0.15) is 0 Å². The highest BCUT2D eigenvalue weighted by Crippen LogP contribution is 2.29. The molecule has 0 radical (unpaired) electrons. The average Bonchev–Trinajstić information content (AvgIpc) is 2.90. The van der Waals surface area contributed by atoms with E-state index in [0.717, 1.165) is 33.2 Å². The molecule has 0 bridgehead atoms. The van der Waals surface area contributed by atoms with E-state index in [0.29, 0.717) is 35.7 Å². The maximum atomic E-state index is 13.9. The predicted octanol–water partition coefficient (Wildman–Crippen LogP) is 5.13. The quantitative estimate of drug-likeness (QED) is 0.239. The molecule has 0 aliphatic carbocycles. The smallest absolute Gasteiger partial charge is 0.274 e. The minimum atomic E-state index is -0.583. The van der Waals surface area contributed by atoms with Crippen LogP contribution in [0.25, 0.3) is 22.6 Å². The van der Waals surface area contributed by atoms with E-state index < -0.39 is 5.91 Å². The number of aromatic nitrogens is 1. The Bertz CT molecular complexity index is 1480. The third kappa shape index (κ3) is 4.67. The van der Waals surface area contributed by atoms with E-state index in [1.54, 1.807) is 40.8 Å². The van der Waals surface area contributed by atoms with E-state index in [9.17, 15) is 9.59 Å². The molecule has 7 heteroatoms. The summed E-state index contributed by atoms with van der Waals surface area (Å²) in [6.07, 6.45) is 4.30. The maximum Gasteiger partial charge on any atom is 0.274 e. The summed E-state index contributed by atoms with van der Waals surface area (Å²) in [6.45, 7) is 0.905. The Morgan fingerprint density at radius 1 is 0.971 bits per heavy atom. The molecule has 5 rings (SSSR count). The van der Waals surface area contributed by atoms with Crippen molar-refractivity contribution >= 4 is 46.0 Å². The molecule has 0 atom stereocenters. The van der Waals surface area contributed by atoms with Gasteiger partial charge in [-0.1, -0.05) is 48.0 Å². The third-order valence-corrected chi connectivity index (χ3v) is 6.45. The topological polar surface area (TPSA) is 82.5 Å². The van der Waals surface area contributed by atoms with Crippen molar-refractivity contribution in [3.05, 3.63) is 112 Å². The van der Waals surface area contributed by atoms with Gasteiger partial charge in [-0.25, -0.2) is 5.48 Å². The van der Waals surface area contributed by atoms with Crippen molar-refractivity contribution in [1.82, 2.24) is 15.4 Å². The van der Waals surface area contributed by atoms with Crippen LogP contribution < -0.4 is 5.48 Å². The summed E-state index contributed by atoms with van der Waals surface area (Å²) >= 11 is 6.28. The molecule has 3 aromatic carbocycles. The van der Waals surface area contributed by atoms with E-state index in [2.05, 4.69) is 4.98 Å². The molecule has 1 aromatic heterocycles. The van der Waals surface area contributed by atoms with Gasteiger partial charge in [-0.3, -0.25) is 19.8 Å². The summed E-state index contributed by atoms with van der Waals surface area (Å²) < 4.78 is 0. The van der Waals surface area contributed by atoms with Crippen LogP contribution in [-0.2, 0) is 17.8 Å². The fourth-order valence-electron chi connectivity index (χ4n) is 4.43. The molecule has 2 heterocycles. The Hall–Kier alpha value is -4.00. The first-order chi connectivity index (χ1) is 17.0. The van der Waals surface area contributed by atoms with Gasteiger partial charge in [0.05, 0.1) is 5.52 Å². The lowest BCUT2D eigenvalue weighted by Gasteiger charge is -2.30. The van der Waals surface area contributed by atoms with E-state index in [1.165, 1.54) is 0 Å². The lowest BCUT2D eigenvalue weighted by molar-refractivity contribution is -0.125. The number of pyridine rings is 1. The second kappa shape index (κ2) is 9.70. The molecule has 1 aliphatic rings. The molecule has 0 spiro atoms. The molecule has 0 fully saturated rings. The number of nitrogens with one attached hydrogen (secondary N) is 1. The van der Waals surface area contributed by atoms with Crippen molar-refractivity contribution in [2.45, 2.75) is 13.0 Å². The third-order valence-electron chi connectivity index (χ3n) is 6.22. The van der Waals surface area contributed by atoms with Gasteiger partial charge in [0.25, 0.3) is 11.8 Å². The van der Waals surface area contributed by atoms with Crippen molar-refractivity contribution in [2.24, 2.45) is 0 Å². The molecule has 35 heavy (non-hydrogen) atoms. The number of carbonyl (C=O) groups excluding carboxylic acids is 2. The van der Waals surface area contributed by atoms with Crippen LogP contribution in [0.5, 0.6) is 0 Å². The Morgan fingerprint density at radius 3 is 2.66 bits per heavy atom. The Kier molecular flexibility index (Phi) is 6.31. The van der Waals surface area contributed by atoms with Crippen molar-refractivity contribution in [3.8, 4) is 0 Å². The van der Waals surface area contributed by atoms with E-state index in [-0.39, 0.29) is 5.91 Å². The number of hydrogen-bond donors (Lipinski definition) is 2. The van der Waals surface area contributed by atoms with Crippen LogP contribution in [0.3, 0.4) is 0 Å². The lowest BCUT2D eigenvalue weighted by Crippen LogP contribution is -2.36. The number of carbonyl (C=O) groups is 2. The van der Waals surface area contributed by atoms with Crippen LogP contribution in [0.2, 0.25) is 5.02 Å². The molecule has 2 N–H and O–H groups in total. The monoisotopic (exact) mass is 483 g/mol. The second-order valence-corrected chi connectivity index (χ2v) is 8.82. The number of hydrogen-bond acceptors (Lipinski definition) is 4. The van der Waals surface area contributed by atoms with Gasteiger partial charge < -0.3 is 4.90 Å². The van der Waals surface area contributed by atoms with E-state index in [1.807, 2.05) is 54.6 Å². The first-order valence-corrected chi connectivity index (χ1v) is 11.6. The SMILES string of the molecule is O=C(NO)c1ccc2c(c1)CN(C(=O)/C(=C/c1ccnc3ccccc13)c1cccc(Cl)c1)CC2. The lowest BCUT2D eigenvalue weighted by atomic mass is 9.95. The fraction of sp³-hybridized carbons (Fsp3) is 0.107. The zero-order chi connectivity index (χ0) is 24.4. The molecule has 174 valence electrons. The van der Waals surface area contributed by atoms with Crippen LogP contribution in [0, 0.1) is 0 Å². The molecule has 0 unspecified atom stereocenters. The highest BCUT2D eigenvalue weighted by molar-refractivity contribution is 6.31. The number of benzene rings is 3. The highest BCUT2D eigenvalue weighted by Gasteiger charge is 2.25. The van der Waals surface area contributed by atoms with Crippen molar-refractivity contribution < 1.29 is 14.8 Å². The van der Waals surface area contributed by atoms with Crippen molar-refractivity contribution in [1.29, 1.82) is 0 Å². The molecule has 2 amide bonds. The Labute approximate surface area is 207 Å². The number of halogens is 1. The van der Waals surface area contributed by atoms with Gasteiger partial charge in [-0.05, 0) is 71.1 Å². The summed E-state index contributed by atoms with van der Waals surface area (Å²) in [5, 5.41) is 10.5. The van der Waals surface area contributed by atoms with Crippen molar-refractivity contribution in [2.75, 3.05) is 6.54 Å². The summed E-state index contributed by atoms with van der Waals surface area (Å²) in [5.41, 5.74) is 6.95. The van der Waals surface area contributed by atoms with Gasteiger partial charge >= 0.3 is 0 Å². The van der Waals surface area contributed by atoms with E-state index >= 15 is 0 Å². The molecular weight excluding hydrogens is 462 g/mol. The first kappa shape index (κ1) is 22.8. The van der Waals surface area contributed by atoms with Gasteiger partial charge in [0.15, 0.2) is 0 Å². The minimum Gasteiger partial charge on any atom is -0.334 e. The molecule has 4 aromatic rings. The van der Waals surface area contributed by atoms with Gasteiger partial charge in [0.2, 0.25) is 0 Å². The van der Waals surface area contributed by atoms with Gasteiger partial charge in [0, 0.05) is 40.8 Å². The Balaban J connectivity index is 1.56. The van der Waals surface area contributed by atoms with Crippen LogP contribution in [0.4, 0.5) is 0 Å². The first-order valence-electron chi connectivity index (χ1n) is 11.2. The van der Waals surface area contributed by atoms with Crippen molar-refractivity contribution in [3.63, 3.8) is 0 Å². The van der Waals surface area contributed by atoms with Gasteiger partial charge in [-0.15, -0.1) is 0 Å². The van der Waals surface area contributed by atoms with Gasteiger partial charge in [0.1, 0.15) is 0 Å². The van der Waals surface area contributed by atoms with Crippen LogP contribution in [0.15, 0.2) is 79.0 Å². The van der Waals surface area contributed by atoms with Crippen LogP contribution in [0.1, 0.15) is 32.6 Å². The molecule has 0 saturated carbocycles. The fourth-order valence-corrected chi connectivity index (χ4v) is 4.62. The summed E-state index contributed by atoms with van der Waals surface area (Å²) in [4.78, 5) is 32.0. The standard InChI is InChI=1S/C28H22ClN3O3/c29-23-5-3-4-19(15-23)25(16-20-10-12-30-26-7-2-1-6-24(20)26)28(34)32-13-11-18-8-9-21(27(33)31-35)14-22(18)17-32/h1-10,12,14-16,35H,11,13,17H2,(H,31,33)/b25-16+. The molecule has 1 aliphatic heterocycles. The zero-order valence-electron chi connectivity index (χ0n) is 18.7. The number of rotatable bonds is 4. The average molecular weight is 484 g/mol. The minimum absolute atomic E-state index is 0.129. The Morgan fingerprint density at radius 2 is 1.83 bits per heavy atom. The normalized spacial score (nSPS) is 13.4. The van der Waals surface area contributed by atoms with Crippen LogP contribution >= 0.6 is 11.6 Å². The molecular formula is C28H22ClN3O3. The highest BCUT2D eigenvalue weighted by atomic mass is 35.5. The summed E-state index contributed by atoms with van der Waals surface area (Å²) in [6, 6.07) is 22.2. The zero-order valence-corrected chi connectivity index (χ0v) is 19.5. The number of nitrogens with zero attached hydrogens (tertiary/aromatic N) is 2. The maximum absolute atomic E-state index is 13.9. The molecule has 0 saturated heterocycles. The number of amides is 2. The second-order valence-electron chi connectivity index (χ2n) is 8.39. The number of fused-ring (bicyclic) bond motifs is 2. The van der Waals surface area contributed by atoms with Crippen LogP contribution in [-0.4, -0.2) is 33.5 Å². The number of para-hydroxylation sites is 1. The molecule has 6 nitrogen and oxygen atoms in total. The summed E-state index contributed by atoms with van der Waals surface area (Å²) in [7, 11) is 0. The van der Waals surface area contributed by atoms with E-state index in [4.69, 9.17) is 16.8 Å².